The summed E-state index contributed by atoms with van der Waals surface area (Å²) in [6.07, 6.45) is 2.17. The van der Waals surface area contributed by atoms with Crippen molar-refractivity contribution in [3.8, 4) is 0 Å². The number of rotatable bonds is 3. The van der Waals surface area contributed by atoms with Gasteiger partial charge in [-0.15, -0.1) is 0 Å². The Labute approximate surface area is 111 Å². The van der Waals surface area contributed by atoms with E-state index in [-0.39, 0.29) is 22.8 Å². The topological polar surface area (TPSA) is 17.8 Å². The molecular formula is C15H18F2N2. The van der Waals surface area contributed by atoms with E-state index >= 15 is 0 Å². The van der Waals surface area contributed by atoms with Gasteiger partial charge in [-0.2, -0.15) is 0 Å². The number of halogens is 2. The van der Waals surface area contributed by atoms with Gasteiger partial charge in [-0.3, -0.25) is 0 Å². The molecule has 1 fully saturated rings. The van der Waals surface area contributed by atoms with Gasteiger partial charge < -0.3 is 4.57 Å². The Morgan fingerprint density at radius 1 is 1.37 bits per heavy atom. The van der Waals surface area contributed by atoms with Gasteiger partial charge in [0.15, 0.2) is 5.82 Å². The third-order valence-corrected chi connectivity index (χ3v) is 4.15. The van der Waals surface area contributed by atoms with Gasteiger partial charge in [0.25, 0.3) is 0 Å². The Morgan fingerprint density at radius 2 is 2.05 bits per heavy atom. The number of nitrogens with zero attached hydrogens (tertiary/aromatic N) is 2. The summed E-state index contributed by atoms with van der Waals surface area (Å²) >= 11 is 0. The van der Waals surface area contributed by atoms with Gasteiger partial charge in [0, 0.05) is 6.04 Å². The minimum Gasteiger partial charge on any atom is -0.323 e. The summed E-state index contributed by atoms with van der Waals surface area (Å²) < 4.78 is 29.1. The molecule has 2 nitrogen and oxygen atoms in total. The molecule has 3 rings (SSSR count). The first kappa shape index (κ1) is 12.6. The molecule has 102 valence electrons. The quantitative estimate of drug-likeness (QED) is 0.809. The molecule has 0 radical (unpaired) electrons. The molecule has 0 atom stereocenters. The van der Waals surface area contributed by atoms with E-state index in [1.54, 1.807) is 10.6 Å². The molecular weight excluding hydrogens is 246 g/mol. The van der Waals surface area contributed by atoms with Crippen molar-refractivity contribution < 1.29 is 8.78 Å². The second-order valence-electron chi connectivity index (χ2n) is 6.01. The molecule has 1 aliphatic carbocycles. The van der Waals surface area contributed by atoms with Crippen LogP contribution in [0.25, 0.3) is 11.0 Å². The summed E-state index contributed by atoms with van der Waals surface area (Å²) in [5.41, 5.74) is 2.10. The second kappa shape index (κ2) is 4.02. The first-order valence-electron chi connectivity index (χ1n) is 6.73. The van der Waals surface area contributed by atoms with Gasteiger partial charge in [-0.1, -0.05) is 6.92 Å². The largest absolute Gasteiger partial charge is 0.323 e. The summed E-state index contributed by atoms with van der Waals surface area (Å²) in [4.78, 5) is 4.11. The maximum Gasteiger partial charge on any atom is 0.151 e. The van der Waals surface area contributed by atoms with Crippen LogP contribution < -0.4 is 0 Å². The van der Waals surface area contributed by atoms with Crippen molar-refractivity contribution in [3.63, 3.8) is 0 Å². The molecule has 1 aliphatic rings. The number of hydrogen-bond acceptors (Lipinski definition) is 1. The van der Waals surface area contributed by atoms with E-state index in [4.69, 9.17) is 0 Å². The number of fused-ring (bicyclic) bond motifs is 1. The fourth-order valence-corrected chi connectivity index (χ4v) is 2.70. The lowest BCUT2D eigenvalue weighted by molar-refractivity contribution is 0.437. The molecule has 19 heavy (non-hydrogen) atoms. The first-order valence-corrected chi connectivity index (χ1v) is 6.73. The third kappa shape index (κ3) is 1.85. The van der Waals surface area contributed by atoms with Crippen molar-refractivity contribution >= 4 is 11.0 Å². The Hall–Kier alpha value is -1.45. The molecule has 0 bridgehead atoms. The molecule has 2 aromatic rings. The van der Waals surface area contributed by atoms with Crippen molar-refractivity contribution in [1.29, 1.82) is 0 Å². The Bertz CT molecular complexity index is 639. The second-order valence-corrected chi connectivity index (χ2v) is 6.01. The Balaban J connectivity index is 2.29. The van der Waals surface area contributed by atoms with Crippen molar-refractivity contribution in [2.75, 3.05) is 0 Å². The van der Waals surface area contributed by atoms with Crippen LogP contribution in [0.5, 0.6) is 0 Å². The first-order chi connectivity index (χ1) is 8.96. The Morgan fingerprint density at radius 3 is 2.58 bits per heavy atom. The third-order valence-electron chi connectivity index (χ3n) is 4.15. The van der Waals surface area contributed by atoms with Crippen LogP contribution in [-0.2, 0) is 12.1 Å². The summed E-state index contributed by atoms with van der Waals surface area (Å²) in [5, 5.41) is 0. The predicted molar refractivity (Wildman–Crippen MR) is 71.5 cm³/mol. The van der Waals surface area contributed by atoms with Crippen molar-refractivity contribution in [1.82, 2.24) is 9.55 Å². The normalized spacial score (nSPS) is 17.4. The van der Waals surface area contributed by atoms with Crippen LogP contribution in [0.4, 0.5) is 8.78 Å². The summed E-state index contributed by atoms with van der Waals surface area (Å²) in [6, 6.07) is 3.62. The van der Waals surface area contributed by atoms with E-state index in [9.17, 15) is 8.78 Å². The molecule has 1 saturated carbocycles. The van der Waals surface area contributed by atoms with Crippen LogP contribution in [0.3, 0.4) is 0 Å². The van der Waals surface area contributed by atoms with Gasteiger partial charge in [-0.25, -0.2) is 13.8 Å². The maximum atomic E-state index is 14.2. The monoisotopic (exact) mass is 264 g/mol. The van der Waals surface area contributed by atoms with Crippen molar-refractivity contribution in [2.45, 2.75) is 51.7 Å². The Kier molecular flexibility index (Phi) is 2.66. The highest BCUT2D eigenvalue weighted by Gasteiger charge is 2.39. The number of imidazole rings is 1. The molecule has 1 heterocycles. The van der Waals surface area contributed by atoms with Gasteiger partial charge in [0.05, 0.1) is 5.52 Å². The number of alkyl halides is 1. The summed E-state index contributed by atoms with van der Waals surface area (Å²) in [6.45, 7) is 5.39. The van der Waals surface area contributed by atoms with Gasteiger partial charge in [0.1, 0.15) is 18.0 Å². The van der Waals surface area contributed by atoms with Crippen LogP contribution in [0, 0.1) is 5.82 Å². The average molecular weight is 264 g/mol. The van der Waals surface area contributed by atoms with Gasteiger partial charge in [0.2, 0.25) is 0 Å². The standard InChI is InChI=1S/C15H18F2N2/c1-9(2)19-12-7-10(15(3)4-5-15)6-11(17)14(12)18-13(19)8-16/h6-7,9H,4-5,8H2,1-3H3. The number of aromatic nitrogens is 2. The van der Waals surface area contributed by atoms with E-state index in [1.807, 2.05) is 19.9 Å². The molecule has 4 heteroatoms. The summed E-state index contributed by atoms with van der Waals surface area (Å²) in [5.74, 6) is -0.0308. The van der Waals surface area contributed by atoms with E-state index in [0.717, 1.165) is 18.4 Å². The SMILES string of the molecule is CC(C)n1c(CF)nc2c(F)cc(C3(C)CC3)cc21. The maximum absolute atomic E-state index is 14.2. The van der Waals surface area contributed by atoms with Crippen LogP contribution in [0.2, 0.25) is 0 Å². The lowest BCUT2D eigenvalue weighted by Gasteiger charge is -2.14. The highest BCUT2D eigenvalue weighted by Crippen LogP contribution is 2.48. The van der Waals surface area contributed by atoms with Crippen LogP contribution in [0.1, 0.15) is 51.0 Å². The highest BCUT2D eigenvalue weighted by molar-refractivity contribution is 5.78. The molecule has 0 N–H and O–H groups in total. The van der Waals surface area contributed by atoms with E-state index in [1.165, 1.54) is 0 Å². The van der Waals surface area contributed by atoms with Crippen molar-refractivity contribution in [2.24, 2.45) is 0 Å². The number of hydrogen-bond donors (Lipinski definition) is 0. The minimum absolute atomic E-state index is 0.0670. The van der Waals surface area contributed by atoms with Crippen LogP contribution in [-0.4, -0.2) is 9.55 Å². The molecule has 0 spiro atoms. The molecule has 0 amide bonds. The highest BCUT2D eigenvalue weighted by atomic mass is 19.1. The van der Waals surface area contributed by atoms with E-state index in [2.05, 4.69) is 11.9 Å². The van der Waals surface area contributed by atoms with E-state index in [0.29, 0.717) is 11.3 Å². The molecule has 1 aromatic carbocycles. The average Bonchev–Trinajstić information content (AvgIpc) is 2.99. The minimum atomic E-state index is -0.668. The van der Waals surface area contributed by atoms with Crippen LogP contribution in [0.15, 0.2) is 12.1 Å². The fraction of sp³-hybridized carbons (Fsp3) is 0.533. The zero-order valence-electron chi connectivity index (χ0n) is 11.5. The molecule has 0 saturated heterocycles. The zero-order valence-corrected chi connectivity index (χ0v) is 11.5. The molecule has 0 aliphatic heterocycles. The zero-order chi connectivity index (χ0) is 13.8. The van der Waals surface area contributed by atoms with Crippen molar-refractivity contribution in [3.05, 3.63) is 29.3 Å². The lowest BCUT2D eigenvalue weighted by Crippen LogP contribution is -2.06. The molecule has 0 unspecified atom stereocenters. The van der Waals surface area contributed by atoms with E-state index < -0.39 is 6.67 Å². The molecule has 1 aromatic heterocycles. The predicted octanol–water partition coefficient (Wildman–Crippen LogP) is 4.28. The lowest BCUT2D eigenvalue weighted by atomic mass is 9.97. The summed E-state index contributed by atoms with van der Waals surface area (Å²) in [7, 11) is 0. The van der Waals surface area contributed by atoms with Crippen LogP contribution >= 0.6 is 0 Å². The van der Waals surface area contributed by atoms with Gasteiger partial charge in [-0.05, 0) is 49.8 Å². The smallest absolute Gasteiger partial charge is 0.151 e. The van der Waals surface area contributed by atoms with Gasteiger partial charge >= 0.3 is 0 Å². The number of benzene rings is 1. The fourth-order valence-electron chi connectivity index (χ4n) is 2.70.